The minimum atomic E-state index is 0.581. The van der Waals surface area contributed by atoms with E-state index in [1.807, 2.05) is 0 Å². The van der Waals surface area contributed by atoms with E-state index in [9.17, 15) is 0 Å². The maximum Gasteiger partial charge on any atom is 0.0959 e. The van der Waals surface area contributed by atoms with Crippen LogP contribution in [0.4, 0.5) is 0 Å². The summed E-state index contributed by atoms with van der Waals surface area (Å²) in [7, 11) is 0. The van der Waals surface area contributed by atoms with E-state index in [2.05, 4.69) is 24.2 Å². The summed E-state index contributed by atoms with van der Waals surface area (Å²) in [6, 6.07) is 0. The van der Waals surface area contributed by atoms with Crippen molar-refractivity contribution in [3.63, 3.8) is 0 Å². The van der Waals surface area contributed by atoms with Gasteiger partial charge in [-0.3, -0.25) is 0 Å². The average Bonchev–Trinajstić information content (AvgIpc) is 2.77. The second kappa shape index (κ2) is 5.28. The van der Waals surface area contributed by atoms with Gasteiger partial charge in [-0.1, -0.05) is 13.8 Å². The summed E-state index contributed by atoms with van der Waals surface area (Å²) in [6.07, 6.45) is 5.39. The summed E-state index contributed by atoms with van der Waals surface area (Å²) in [5.74, 6) is 2.49. The Morgan fingerprint density at radius 1 is 1.38 bits per heavy atom. The molecular formula is C13H22N2S. The van der Waals surface area contributed by atoms with Crippen LogP contribution < -0.4 is 5.73 Å². The molecule has 2 N–H and O–H groups in total. The number of hydrogen-bond acceptors (Lipinski definition) is 3. The topological polar surface area (TPSA) is 38.9 Å². The summed E-state index contributed by atoms with van der Waals surface area (Å²) in [5, 5.41) is 3.44. The third-order valence-corrected chi connectivity index (χ3v) is 4.90. The maximum atomic E-state index is 5.60. The van der Waals surface area contributed by atoms with Crippen molar-refractivity contribution in [1.82, 2.24) is 4.98 Å². The molecule has 0 aliphatic heterocycles. The van der Waals surface area contributed by atoms with Crippen LogP contribution in [-0.4, -0.2) is 4.98 Å². The molecular weight excluding hydrogens is 216 g/mol. The number of rotatable bonds is 3. The Labute approximate surface area is 102 Å². The minimum absolute atomic E-state index is 0.581. The molecule has 16 heavy (non-hydrogen) atoms. The monoisotopic (exact) mass is 238 g/mol. The van der Waals surface area contributed by atoms with Gasteiger partial charge in [0, 0.05) is 17.8 Å². The Morgan fingerprint density at radius 3 is 2.56 bits per heavy atom. The van der Waals surface area contributed by atoms with Crippen LogP contribution in [0.5, 0.6) is 0 Å². The van der Waals surface area contributed by atoms with Crippen molar-refractivity contribution in [2.45, 2.75) is 52.0 Å². The van der Waals surface area contributed by atoms with Crippen LogP contribution in [0.3, 0.4) is 0 Å². The molecule has 1 heterocycles. The fourth-order valence-corrected chi connectivity index (χ4v) is 3.64. The van der Waals surface area contributed by atoms with Crippen LogP contribution >= 0.6 is 11.3 Å². The van der Waals surface area contributed by atoms with Gasteiger partial charge in [0.05, 0.1) is 10.7 Å². The van der Waals surface area contributed by atoms with Gasteiger partial charge in [0.2, 0.25) is 0 Å². The summed E-state index contributed by atoms with van der Waals surface area (Å²) in [6.45, 7) is 5.28. The predicted molar refractivity (Wildman–Crippen MR) is 69.5 cm³/mol. The summed E-state index contributed by atoms with van der Waals surface area (Å²) in [5.41, 5.74) is 6.66. The molecule has 1 saturated carbocycles. The van der Waals surface area contributed by atoms with E-state index in [0.717, 1.165) is 17.5 Å². The second-order valence-electron chi connectivity index (χ2n) is 5.24. The van der Waals surface area contributed by atoms with Crippen LogP contribution in [0.1, 0.15) is 56.2 Å². The Balaban J connectivity index is 1.93. The summed E-state index contributed by atoms with van der Waals surface area (Å²) >= 11 is 1.80. The quantitative estimate of drug-likeness (QED) is 0.875. The third-order valence-electron chi connectivity index (χ3n) is 3.84. The normalized spacial score (nSPS) is 26.2. The van der Waals surface area contributed by atoms with E-state index in [1.165, 1.54) is 30.7 Å². The van der Waals surface area contributed by atoms with Gasteiger partial charge in [0.1, 0.15) is 0 Å². The molecule has 0 aromatic carbocycles. The molecule has 1 fully saturated rings. The number of thiazole rings is 1. The molecule has 0 unspecified atom stereocenters. The van der Waals surface area contributed by atoms with Crippen molar-refractivity contribution in [2.24, 2.45) is 17.6 Å². The van der Waals surface area contributed by atoms with Crippen molar-refractivity contribution in [2.75, 3.05) is 0 Å². The van der Waals surface area contributed by atoms with Gasteiger partial charge in [-0.2, -0.15) is 0 Å². The molecule has 2 nitrogen and oxygen atoms in total. The van der Waals surface area contributed by atoms with E-state index in [0.29, 0.717) is 12.5 Å². The average molecular weight is 238 g/mol. The van der Waals surface area contributed by atoms with Gasteiger partial charge in [-0.15, -0.1) is 11.3 Å². The van der Waals surface area contributed by atoms with Gasteiger partial charge in [-0.25, -0.2) is 4.98 Å². The summed E-state index contributed by atoms with van der Waals surface area (Å²) in [4.78, 5) is 4.62. The lowest BCUT2D eigenvalue weighted by atomic mass is 9.77. The highest BCUT2D eigenvalue weighted by atomic mass is 32.1. The first-order valence-corrected chi connectivity index (χ1v) is 7.23. The van der Waals surface area contributed by atoms with Crippen LogP contribution in [0.25, 0.3) is 0 Å². The molecule has 1 aromatic rings. The lowest BCUT2D eigenvalue weighted by Gasteiger charge is -2.29. The molecule has 0 saturated heterocycles. The zero-order valence-electron chi connectivity index (χ0n) is 10.3. The highest BCUT2D eigenvalue weighted by molar-refractivity contribution is 7.09. The maximum absolute atomic E-state index is 5.60. The van der Waals surface area contributed by atoms with Crippen molar-refractivity contribution >= 4 is 11.3 Å². The molecule has 1 aromatic heterocycles. The minimum Gasteiger partial charge on any atom is -0.325 e. The lowest BCUT2D eigenvalue weighted by molar-refractivity contribution is 0.258. The first-order chi connectivity index (χ1) is 7.70. The van der Waals surface area contributed by atoms with Crippen LogP contribution in [0, 0.1) is 11.8 Å². The molecule has 1 aliphatic rings. The molecule has 0 radical (unpaired) electrons. The molecule has 0 amide bonds. The molecule has 2 rings (SSSR count). The van der Waals surface area contributed by atoms with E-state index in [4.69, 9.17) is 5.73 Å². The zero-order chi connectivity index (χ0) is 11.5. The number of aromatic nitrogens is 1. The standard InChI is InChI=1S/C13H22N2S/c1-9(2)10-3-5-11(6-4-10)13-15-12(7-14)8-16-13/h8-11H,3-7,14H2,1-2H3. The number of hydrogen-bond donors (Lipinski definition) is 1. The van der Waals surface area contributed by atoms with Crippen molar-refractivity contribution in [3.05, 3.63) is 16.1 Å². The molecule has 0 bridgehead atoms. The highest BCUT2D eigenvalue weighted by Crippen LogP contribution is 2.39. The van der Waals surface area contributed by atoms with Crippen molar-refractivity contribution in [1.29, 1.82) is 0 Å². The second-order valence-corrected chi connectivity index (χ2v) is 6.13. The Bertz CT molecular complexity index is 324. The molecule has 0 atom stereocenters. The Kier molecular flexibility index (Phi) is 3.98. The molecule has 3 heteroatoms. The molecule has 1 aliphatic carbocycles. The fraction of sp³-hybridized carbons (Fsp3) is 0.769. The largest absolute Gasteiger partial charge is 0.325 e. The van der Waals surface area contributed by atoms with E-state index >= 15 is 0 Å². The van der Waals surface area contributed by atoms with Crippen LogP contribution in [-0.2, 0) is 6.54 Å². The first kappa shape index (κ1) is 12.1. The predicted octanol–water partition coefficient (Wildman–Crippen LogP) is 3.53. The Hall–Kier alpha value is -0.410. The highest BCUT2D eigenvalue weighted by Gasteiger charge is 2.25. The fourth-order valence-electron chi connectivity index (χ4n) is 2.64. The van der Waals surface area contributed by atoms with E-state index in [-0.39, 0.29) is 0 Å². The third kappa shape index (κ3) is 2.64. The van der Waals surface area contributed by atoms with Crippen molar-refractivity contribution < 1.29 is 0 Å². The smallest absolute Gasteiger partial charge is 0.0959 e. The van der Waals surface area contributed by atoms with E-state index < -0.39 is 0 Å². The van der Waals surface area contributed by atoms with Gasteiger partial charge in [0.25, 0.3) is 0 Å². The zero-order valence-corrected chi connectivity index (χ0v) is 11.1. The summed E-state index contributed by atoms with van der Waals surface area (Å²) < 4.78 is 0. The number of nitrogens with zero attached hydrogens (tertiary/aromatic N) is 1. The first-order valence-electron chi connectivity index (χ1n) is 6.35. The molecule has 90 valence electrons. The van der Waals surface area contributed by atoms with Gasteiger partial charge in [0.15, 0.2) is 0 Å². The lowest BCUT2D eigenvalue weighted by Crippen LogP contribution is -2.17. The SMILES string of the molecule is CC(C)C1CCC(c2nc(CN)cs2)CC1. The van der Waals surface area contributed by atoms with Crippen LogP contribution in [0.2, 0.25) is 0 Å². The van der Waals surface area contributed by atoms with Crippen LogP contribution in [0.15, 0.2) is 5.38 Å². The van der Waals surface area contributed by atoms with Gasteiger partial charge in [-0.05, 0) is 37.5 Å². The molecule has 0 spiro atoms. The van der Waals surface area contributed by atoms with Gasteiger partial charge >= 0.3 is 0 Å². The van der Waals surface area contributed by atoms with E-state index in [1.54, 1.807) is 11.3 Å². The van der Waals surface area contributed by atoms with Gasteiger partial charge < -0.3 is 5.73 Å². The van der Waals surface area contributed by atoms with Crippen molar-refractivity contribution in [3.8, 4) is 0 Å². The Morgan fingerprint density at radius 2 is 2.06 bits per heavy atom. The number of nitrogens with two attached hydrogens (primary N) is 1.